The van der Waals surface area contributed by atoms with Crippen LogP contribution in [0.25, 0.3) is 12.2 Å². The van der Waals surface area contributed by atoms with Gasteiger partial charge in [-0.05, 0) is 35.4 Å². The smallest absolute Gasteiger partial charge is 0.261 e. The summed E-state index contributed by atoms with van der Waals surface area (Å²) >= 11 is 0. The molecule has 0 saturated heterocycles. The second-order valence-corrected chi connectivity index (χ2v) is 10.5. The summed E-state index contributed by atoms with van der Waals surface area (Å²) in [7, 11) is 3.01. The van der Waals surface area contributed by atoms with Gasteiger partial charge < -0.3 is 14.9 Å². The van der Waals surface area contributed by atoms with E-state index >= 15 is 0 Å². The van der Waals surface area contributed by atoms with E-state index in [1.54, 1.807) is 36.4 Å². The highest BCUT2D eigenvalue weighted by molar-refractivity contribution is 8.14. The lowest BCUT2D eigenvalue weighted by Crippen LogP contribution is -2.03. The van der Waals surface area contributed by atoms with Gasteiger partial charge in [0.1, 0.15) is 0 Å². The predicted molar refractivity (Wildman–Crippen MR) is 113 cm³/mol. The van der Waals surface area contributed by atoms with Crippen LogP contribution >= 0.6 is 21.4 Å². The lowest BCUT2D eigenvalue weighted by molar-refractivity contribution is 0.0650. The summed E-state index contributed by atoms with van der Waals surface area (Å²) in [4.78, 5) is 0.0611. The number of rotatable bonds is 8. The molecule has 29 heavy (non-hydrogen) atoms. The Morgan fingerprint density at radius 2 is 1.00 bits per heavy atom. The van der Waals surface area contributed by atoms with Gasteiger partial charge in [0.25, 0.3) is 18.1 Å². The number of aliphatic hydroxyl groups is 2. The van der Waals surface area contributed by atoms with Crippen LogP contribution in [-0.2, 0) is 22.8 Å². The lowest BCUT2D eigenvalue weighted by Gasteiger charge is -1.99. The first-order valence-corrected chi connectivity index (χ1v) is 12.8. The molecule has 0 atom stereocenters. The molecule has 0 amide bonds. The average molecular weight is 483 g/mol. The van der Waals surface area contributed by atoms with E-state index in [4.69, 9.17) is 31.6 Å². The van der Waals surface area contributed by atoms with Crippen LogP contribution in [0.1, 0.15) is 11.1 Å². The molecule has 0 unspecified atom stereocenters. The van der Waals surface area contributed by atoms with E-state index in [2.05, 4.69) is 4.74 Å². The van der Waals surface area contributed by atoms with E-state index < -0.39 is 18.1 Å². The number of benzene rings is 2. The minimum atomic E-state index is -3.73. The summed E-state index contributed by atoms with van der Waals surface area (Å²) in [5.74, 6) is 0. The summed E-state index contributed by atoms with van der Waals surface area (Å²) in [5.41, 5.74) is 1.55. The Kier molecular flexibility index (Phi) is 10.8. The van der Waals surface area contributed by atoms with Crippen LogP contribution in [0.2, 0.25) is 0 Å². The van der Waals surface area contributed by atoms with Crippen molar-refractivity contribution >= 4 is 51.6 Å². The van der Waals surface area contributed by atoms with Gasteiger partial charge >= 0.3 is 0 Å². The minimum absolute atomic E-state index is 0.0278. The molecule has 2 N–H and O–H groups in total. The number of aliphatic hydroxyl groups excluding tert-OH is 2. The van der Waals surface area contributed by atoms with Crippen LogP contribution in [0.3, 0.4) is 0 Å². The zero-order chi connectivity index (χ0) is 21.9. The molecule has 0 heterocycles. The Balaban J connectivity index is 0.000000516. The highest BCUT2D eigenvalue weighted by Crippen LogP contribution is 2.18. The van der Waals surface area contributed by atoms with Gasteiger partial charge in [-0.3, -0.25) is 0 Å². The number of halogens is 2. The van der Waals surface area contributed by atoms with Gasteiger partial charge in [0.15, 0.2) is 0 Å². The van der Waals surface area contributed by atoms with E-state index in [9.17, 15) is 16.8 Å². The third-order valence-corrected chi connectivity index (χ3v) is 6.00. The first kappa shape index (κ1) is 25.6. The van der Waals surface area contributed by atoms with Gasteiger partial charge in [-0.15, -0.1) is 0 Å². The fraction of sp³-hybridized carbons (Fsp3) is 0.222. The van der Waals surface area contributed by atoms with E-state index in [0.29, 0.717) is 13.2 Å². The molecule has 0 fully saturated rings. The zero-order valence-corrected chi connectivity index (χ0v) is 18.3. The second-order valence-electron chi connectivity index (χ2n) is 5.41. The molecule has 0 spiro atoms. The second kappa shape index (κ2) is 12.3. The third kappa shape index (κ3) is 10.2. The highest BCUT2D eigenvalue weighted by Gasteiger charge is 2.09. The molecular formula is C18H20Cl2O7S2. The fourth-order valence-electron chi connectivity index (χ4n) is 1.91. The Bertz CT molecular complexity index is 904. The van der Waals surface area contributed by atoms with E-state index in [1.807, 2.05) is 0 Å². The molecule has 7 nitrogen and oxygen atoms in total. The van der Waals surface area contributed by atoms with Crippen molar-refractivity contribution in [3.63, 3.8) is 0 Å². The van der Waals surface area contributed by atoms with E-state index in [1.165, 1.54) is 24.3 Å². The topological polar surface area (TPSA) is 118 Å². The van der Waals surface area contributed by atoms with Crippen LogP contribution in [0.4, 0.5) is 0 Å². The summed E-state index contributed by atoms with van der Waals surface area (Å²) in [6.07, 6.45) is 3.52. The summed E-state index contributed by atoms with van der Waals surface area (Å²) in [5, 5.41) is 16.2. The molecular weight excluding hydrogens is 463 g/mol. The zero-order valence-electron chi connectivity index (χ0n) is 15.1. The Hall–Kier alpha value is -1.46. The van der Waals surface area contributed by atoms with Crippen molar-refractivity contribution in [2.75, 3.05) is 26.4 Å². The van der Waals surface area contributed by atoms with Gasteiger partial charge in [0.05, 0.1) is 36.2 Å². The molecule has 0 saturated carbocycles. The Labute approximate surface area is 179 Å². The van der Waals surface area contributed by atoms with Crippen molar-refractivity contribution in [2.24, 2.45) is 0 Å². The predicted octanol–water partition coefficient (Wildman–Crippen LogP) is 2.70. The van der Waals surface area contributed by atoms with Gasteiger partial charge in [-0.25, -0.2) is 16.8 Å². The van der Waals surface area contributed by atoms with E-state index in [-0.39, 0.29) is 23.0 Å². The highest BCUT2D eigenvalue weighted by atomic mass is 35.7. The summed E-state index contributed by atoms with van der Waals surface area (Å²) in [6, 6.07) is 12.1. The fourth-order valence-corrected chi connectivity index (χ4v) is 3.45. The molecule has 0 bridgehead atoms. The lowest BCUT2D eigenvalue weighted by atomic mass is 10.1. The van der Waals surface area contributed by atoms with Crippen molar-refractivity contribution < 1.29 is 31.8 Å². The summed E-state index contributed by atoms with van der Waals surface area (Å²) in [6.45, 7) is 0.696. The van der Waals surface area contributed by atoms with Crippen molar-refractivity contribution in [3.8, 4) is 0 Å². The first-order chi connectivity index (χ1) is 13.6. The van der Waals surface area contributed by atoms with Crippen molar-refractivity contribution in [3.05, 3.63) is 59.7 Å². The van der Waals surface area contributed by atoms with Crippen molar-refractivity contribution in [1.82, 2.24) is 0 Å². The first-order valence-electron chi connectivity index (χ1n) is 8.15. The number of hydrogen-bond acceptors (Lipinski definition) is 7. The molecule has 0 aliphatic heterocycles. The van der Waals surface area contributed by atoms with Crippen molar-refractivity contribution in [1.29, 1.82) is 0 Å². The van der Waals surface area contributed by atoms with Gasteiger partial charge in [-0.2, -0.15) is 0 Å². The number of ether oxygens (including phenoxy) is 1. The molecule has 0 radical (unpaired) electrons. The van der Waals surface area contributed by atoms with Crippen LogP contribution in [0, 0.1) is 0 Å². The quantitative estimate of drug-likeness (QED) is 0.337. The summed E-state index contributed by atoms with van der Waals surface area (Å²) < 4.78 is 49.1. The average Bonchev–Trinajstić information content (AvgIpc) is 2.67. The molecule has 2 rings (SSSR count). The monoisotopic (exact) mass is 482 g/mol. The van der Waals surface area contributed by atoms with Crippen LogP contribution in [0.15, 0.2) is 58.3 Å². The van der Waals surface area contributed by atoms with Crippen LogP contribution in [0.5, 0.6) is 0 Å². The van der Waals surface area contributed by atoms with Crippen LogP contribution in [-0.4, -0.2) is 53.5 Å². The molecule has 0 aromatic heterocycles. The van der Waals surface area contributed by atoms with Gasteiger partial charge in [0, 0.05) is 21.4 Å². The standard InChI is InChI=1S/C14H10Cl2O4S2.C4H10O3/c15-21(17,18)13-7-3-11(4-8-13)1-2-12-5-9-14(10-6-12)22(16,19)20;5-1-3-7-4-2-6/h1-10H;5-6H,1-4H2. The molecule has 0 aliphatic rings. The van der Waals surface area contributed by atoms with Gasteiger partial charge in [-0.1, -0.05) is 36.4 Å². The SMILES string of the molecule is O=S(=O)(Cl)c1ccc(C=Cc2ccc(S(=O)(=O)Cl)cc2)cc1.OCCOCCO. The maximum atomic E-state index is 11.1. The maximum absolute atomic E-state index is 11.1. The normalized spacial score (nSPS) is 11.9. The van der Waals surface area contributed by atoms with Gasteiger partial charge in [0.2, 0.25) is 0 Å². The molecule has 11 heteroatoms. The Morgan fingerprint density at radius 1 is 0.690 bits per heavy atom. The van der Waals surface area contributed by atoms with Crippen LogP contribution < -0.4 is 0 Å². The largest absolute Gasteiger partial charge is 0.394 e. The Morgan fingerprint density at radius 3 is 1.24 bits per heavy atom. The van der Waals surface area contributed by atoms with Crippen molar-refractivity contribution in [2.45, 2.75) is 9.79 Å². The number of hydrogen-bond donors (Lipinski definition) is 2. The molecule has 0 aliphatic carbocycles. The molecule has 160 valence electrons. The minimum Gasteiger partial charge on any atom is -0.394 e. The molecule has 2 aromatic carbocycles. The molecule has 2 aromatic rings. The third-order valence-electron chi connectivity index (χ3n) is 3.26. The van der Waals surface area contributed by atoms with E-state index in [0.717, 1.165) is 11.1 Å². The maximum Gasteiger partial charge on any atom is 0.261 e.